The summed E-state index contributed by atoms with van der Waals surface area (Å²) in [4.78, 5) is 0. The zero-order valence-corrected chi connectivity index (χ0v) is 26.6. The molecule has 49 heavy (non-hydrogen) atoms. The molecule has 0 atom stereocenters. The minimum atomic E-state index is 0.917. The first-order chi connectivity index (χ1) is 24.3. The Kier molecular flexibility index (Phi) is 5.45. The van der Waals surface area contributed by atoms with Gasteiger partial charge in [-0.1, -0.05) is 146 Å². The molecule has 0 aliphatic heterocycles. The van der Waals surface area contributed by atoms with E-state index >= 15 is 0 Å². The lowest BCUT2D eigenvalue weighted by Gasteiger charge is -2.17. The lowest BCUT2D eigenvalue weighted by atomic mass is 9.86. The van der Waals surface area contributed by atoms with Crippen molar-refractivity contribution >= 4 is 86.6 Å². The Morgan fingerprint density at radius 3 is 1.24 bits per heavy atom. The average Bonchev–Trinajstić information content (AvgIpc) is 3.55. The van der Waals surface area contributed by atoms with Crippen molar-refractivity contribution in [2.75, 3.05) is 0 Å². The van der Waals surface area contributed by atoms with Crippen molar-refractivity contribution in [1.29, 1.82) is 0 Å². The Labute approximate surface area is 282 Å². The maximum Gasteiger partial charge on any atom is 0.136 e. The molecule has 1 nitrogen and oxygen atoms in total. The van der Waals surface area contributed by atoms with Crippen LogP contribution < -0.4 is 0 Å². The van der Waals surface area contributed by atoms with Crippen LogP contribution in [0, 0.1) is 0 Å². The van der Waals surface area contributed by atoms with Crippen molar-refractivity contribution in [3.8, 4) is 22.3 Å². The van der Waals surface area contributed by atoms with Gasteiger partial charge in [0.2, 0.25) is 0 Å². The van der Waals surface area contributed by atoms with E-state index in [1.165, 1.54) is 81.3 Å². The highest BCUT2D eigenvalue weighted by Crippen LogP contribution is 2.45. The molecule has 1 aromatic heterocycles. The Bertz CT molecular complexity index is 3160. The fourth-order valence-electron chi connectivity index (χ4n) is 8.50. The van der Waals surface area contributed by atoms with Gasteiger partial charge in [0.1, 0.15) is 11.2 Å². The molecule has 0 fully saturated rings. The SMILES string of the molecule is c1ccc2c(c1)oc1cc(-c3cccc4c(-c5ccc6c(c5)c5ccccc5c5c7ccccc7c7ccccc7c65)cccc34)ccc12. The number of rotatable bonds is 2. The Balaban J connectivity index is 1.17. The predicted octanol–water partition coefficient (Wildman–Crippen LogP) is 13.8. The van der Waals surface area contributed by atoms with Gasteiger partial charge in [0, 0.05) is 10.8 Å². The van der Waals surface area contributed by atoms with E-state index in [9.17, 15) is 0 Å². The monoisotopic (exact) mass is 620 g/mol. The van der Waals surface area contributed by atoms with Gasteiger partial charge >= 0.3 is 0 Å². The minimum Gasteiger partial charge on any atom is -0.456 e. The lowest BCUT2D eigenvalue weighted by molar-refractivity contribution is 0.669. The van der Waals surface area contributed by atoms with Crippen molar-refractivity contribution < 1.29 is 4.42 Å². The van der Waals surface area contributed by atoms with Gasteiger partial charge in [0.25, 0.3) is 0 Å². The van der Waals surface area contributed by atoms with Crippen molar-refractivity contribution in [2.24, 2.45) is 0 Å². The first kappa shape index (κ1) is 26.6. The minimum absolute atomic E-state index is 0.917. The number of hydrogen-bond acceptors (Lipinski definition) is 1. The van der Waals surface area contributed by atoms with E-state index in [1.54, 1.807) is 0 Å². The predicted molar refractivity (Wildman–Crippen MR) is 210 cm³/mol. The van der Waals surface area contributed by atoms with Gasteiger partial charge in [-0.15, -0.1) is 0 Å². The zero-order chi connectivity index (χ0) is 32.1. The summed E-state index contributed by atoms with van der Waals surface area (Å²) in [5, 5.41) is 17.8. The van der Waals surface area contributed by atoms with Crippen LogP contribution in [0.5, 0.6) is 0 Å². The van der Waals surface area contributed by atoms with Crippen LogP contribution in [0.4, 0.5) is 0 Å². The molecule has 0 saturated carbocycles. The van der Waals surface area contributed by atoms with Gasteiger partial charge in [0.05, 0.1) is 0 Å². The molecule has 0 amide bonds. The second-order valence-electron chi connectivity index (χ2n) is 13.2. The number of benzene rings is 10. The summed E-state index contributed by atoms with van der Waals surface area (Å²) in [5.74, 6) is 0. The summed E-state index contributed by atoms with van der Waals surface area (Å²) in [6, 6.07) is 62.1. The van der Waals surface area contributed by atoms with E-state index in [1.807, 2.05) is 12.1 Å². The van der Waals surface area contributed by atoms with E-state index in [4.69, 9.17) is 4.42 Å². The Morgan fingerprint density at radius 1 is 0.245 bits per heavy atom. The molecule has 11 rings (SSSR count). The van der Waals surface area contributed by atoms with Crippen molar-refractivity contribution in [2.45, 2.75) is 0 Å². The number of para-hydroxylation sites is 1. The molecule has 0 unspecified atom stereocenters. The molecule has 1 heterocycles. The number of furan rings is 1. The van der Waals surface area contributed by atoms with Crippen LogP contribution in [0.25, 0.3) is 109 Å². The molecule has 0 radical (unpaired) electrons. The number of fused-ring (bicyclic) bond motifs is 15. The molecule has 0 saturated heterocycles. The van der Waals surface area contributed by atoms with E-state index in [0.717, 1.165) is 27.5 Å². The van der Waals surface area contributed by atoms with Gasteiger partial charge in [0.15, 0.2) is 0 Å². The molecule has 11 aromatic rings. The standard InChI is InChI=1S/C48H28O/c1-4-15-40-35(11-1)36-12-2-5-16-41(36)48-43-26-24-29(27-44(43)37-13-3-6-17-42(37)47(40)48)31-18-9-21-34-32(19-10-20-33(31)34)30-23-25-39-38-14-7-8-22-45(38)49-46(39)28-30/h1-28H. The topological polar surface area (TPSA) is 13.1 Å². The maximum absolute atomic E-state index is 6.28. The molecule has 0 aliphatic carbocycles. The summed E-state index contributed by atoms with van der Waals surface area (Å²) in [6.45, 7) is 0. The fourth-order valence-corrected chi connectivity index (χ4v) is 8.50. The van der Waals surface area contributed by atoms with Gasteiger partial charge < -0.3 is 4.42 Å². The van der Waals surface area contributed by atoms with Gasteiger partial charge in [-0.2, -0.15) is 0 Å². The number of hydrogen-bond donors (Lipinski definition) is 0. The Morgan fingerprint density at radius 2 is 0.653 bits per heavy atom. The molecular weight excluding hydrogens is 593 g/mol. The maximum atomic E-state index is 6.28. The van der Waals surface area contributed by atoms with E-state index in [-0.39, 0.29) is 0 Å². The Hall–Kier alpha value is -6.44. The van der Waals surface area contributed by atoms with Crippen LogP contribution >= 0.6 is 0 Å². The van der Waals surface area contributed by atoms with E-state index < -0.39 is 0 Å². The first-order valence-corrected chi connectivity index (χ1v) is 16.9. The van der Waals surface area contributed by atoms with Crippen molar-refractivity contribution in [3.05, 3.63) is 170 Å². The highest BCUT2D eigenvalue weighted by molar-refractivity contribution is 6.39. The highest BCUT2D eigenvalue weighted by Gasteiger charge is 2.17. The summed E-state index contributed by atoms with van der Waals surface area (Å²) < 4.78 is 6.28. The summed E-state index contributed by atoms with van der Waals surface area (Å²) >= 11 is 0. The molecule has 0 N–H and O–H groups in total. The normalized spacial score (nSPS) is 12.1. The highest BCUT2D eigenvalue weighted by atomic mass is 16.3. The second kappa shape index (κ2) is 10.0. The van der Waals surface area contributed by atoms with Crippen LogP contribution in [0.1, 0.15) is 0 Å². The smallest absolute Gasteiger partial charge is 0.136 e. The van der Waals surface area contributed by atoms with Crippen LogP contribution in [0.2, 0.25) is 0 Å². The fraction of sp³-hybridized carbons (Fsp3) is 0. The van der Waals surface area contributed by atoms with Crippen molar-refractivity contribution in [1.82, 2.24) is 0 Å². The molecule has 0 aliphatic rings. The second-order valence-corrected chi connectivity index (χ2v) is 13.2. The van der Waals surface area contributed by atoms with Gasteiger partial charge in [-0.05, 0) is 111 Å². The molecule has 0 spiro atoms. The molecule has 226 valence electrons. The largest absolute Gasteiger partial charge is 0.456 e. The third-order valence-corrected chi connectivity index (χ3v) is 10.6. The summed E-state index contributed by atoms with van der Waals surface area (Å²) in [7, 11) is 0. The van der Waals surface area contributed by atoms with Crippen LogP contribution in [-0.4, -0.2) is 0 Å². The average molecular weight is 621 g/mol. The van der Waals surface area contributed by atoms with E-state index in [0.29, 0.717) is 0 Å². The zero-order valence-electron chi connectivity index (χ0n) is 26.6. The quantitative estimate of drug-likeness (QED) is 0.175. The molecule has 10 aromatic carbocycles. The third-order valence-electron chi connectivity index (χ3n) is 10.6. The molecular formula is C48H28O. The van der Waals surface area contributed by atoms with Crippen molar-refractivity contribution in [3.63, 3.8) is 0 Å². The van der Waals surface area contributed by atoms with E-state index in [2.05, 4.69) is 158 Å². The van der Waals surface area contributed by atoms with Crippen LogP contribution in [0.15, 0.2) is 174 Å². The molecule has 0 bridgehead atoms. The van der Waals surface area contributed by atoms with Gasteiger partial charge in [-0.3, -0.25) is 0 Å². The lowest BCUT2D eigenvalue weighted by Crippen LogP contribution is -1.89. The van der Waals surface area contributed by atoms with Crippen LogP contribution in [-0.2, 0) is 0 Å². The third kappa shape index (κ3) is 3.76. The summed E-state index contributed by atoms with van der Waals surface area (Å²) in [5.41, 5.74) is 6.66. The molecule has 1 heteroatoms. The summed E-state index contributed by atoms with van der Waals surface area (Å²) in [6.07, 6.45) is 0. The van der Waals surface area contributed by atoms with Gasteiger partial charge in [-0.25, -0.2) is 0 Å². The van der Waals surface area contributed by atoms with Crippen LogP contribution in [0.3, 0.4) is 0 Å². The first-order valence-electron chi connectivity index (χ1n) is 16.9.